The molecule has 0 N–H and O–H groups in total. The van der Waals surface area contributed by atoms with Crippen LogP contribution >= 0.6 is 0 Å². The Morgan fingerprint density at radius 3 is 1.53 bits per heavy atom. The molecular formula is C54H38N4. The van der Waals surface area contributed by atoms with Crippen LogP contribution in [-0.4, -0.2) is 19.5 Å². The van der Waals surface area contributed by atoms with Crippen LogP contribution in [0.4, 0.5) is 0 Å². The van der Waals surface area contributed by atoms with E-state index in [9.17, 15) is 0 Å². The summed E-state index contributed by atoms with van der Waals surface area (Å²) < 4.78 is 2.39. The zero-order chi connectivity index (χ0) is 38.8. The Labute approximate surface area is 337 Å². The van der Waals surface area contributed by atoms with E-state index in [-0.39, 0.29) is 5.41 Å². The second kappa shape index (κ2) is 13.4. The molecule has 0 bridgehead atoms. The highest BCUT2D eigenvalue weighted by molar-refractivity contribution is 6.10. The van der Waals surface area contributed by atoms with E-state index in [1.165, 1.54) is 44.2 Å². The van der Waals surface area contributed by atoms with Gasteiger partial charge in [0.05, 0.1) is 16.7 Å². The van der Waals surface area contributed by atoms with Gasteiger partial charge in [0.15, 0.2) is 17.5 Å². The second-order valence-corrected chi connectivity index (χ2v) is 15.6. The van der Waals surface area contributed by atoms with Gasteiger partial charge in [0, 0.05) is 38.4 Å². The number of fused-ring (bicyclic) bond motifs is 6. The van der Waals surface area contributed by atoms with Gasteiger partial charge >= 0.3 is 0 Å². The van der Waals surface area contributed by atoms with Crippen LogP contribution in [0, 0.1) is 0 Å². The molecule has 0 atom stereocenters. The van der Waals surface area contributed by atoms with Crippen molar-refractivity contribution in [2.75, 3.05) is 0 Å². The predicted octanol–water partition coefficient (Wildman–Crippen LogP) is 13.6. The van der Waals surface area contributed by atoms with E-state index in [1.54, 1.807) is 0 Å². The highest BCUT2D eigenvalue weighted by atomic mass is 15.0. The van der Waals surface area contributed by atoms with Crippen molar-refractivity contribution < 1.29 is 0 Å². The number of rotatable bonds is 6. The summed E-state index contributed by atoms with van der Waals surface area (Å²) in [5.74, 6) is 1.93. The Kier molecular flexibility index (Phi) is 7.80. The minimum absolute atomic E-state index is 0.299. The first-order valence-electron chi connectivity index (χ1n) is 19.9. The summed E-state index contributed by atoms with van der Waals surface area (Å²) >= 11 is 0. The molecule has 0 spiro atoms. The van der Waals surface area contributed by atoms with E-state index in [1.807, 2.05) is 18.2 Å². The number of para-hydroxylation sites is 2. The van der Waals surface area contributed by atoms with Crippen LogP contribution in [0.25, 0.3) is 95.0 Å². The van der Waals surface area contributed by atoms with Crippen LogP contribution in [-0.2, 0) is 5.41 Å². The van der Waals surface area contributed by atoms with Gasteiger partial charge in [-0.15, -0.1) is 0 Å². The molecule has 2 heterocycles. The molecular weight excluding hydrogens is 705 g/mol. The van der Waals surface area contributed by atoms with Gasteiger partial charge in [-0.3, -0.25) is 0 Å². The SMILES string of the molecule is CC1(C)c2cccc(-c3ccccc3)c2-c2cccc(-c3nc(-c4ccccc4)nc(-c4ccc(-c5ccccc5)c(-n5c6ccccc6c6ccccc65)c4)n3)c21. The highest BCUT2D eigenvalue weighted by Crippen LogP contribution is 2.54. The molecule has 11 rings (SSSR count). The smallest absolute Gasteiger partial charge is 0.164 e. The van der Waals surface area contributed by atoms with Gasteiger partial charge < -0.3 is 4.57 Å². The molecule has 0 amide bonds. The van der Waals surface area contributed by atoms with Gasteiger partial charge in [-0.25, -0.2) is 15.0 Å². The van der Waals surface area contributed by atoms with Crippen LogP contribution < -0.4 is 0 Å². The van der Waals surface area contributed by atoms with Gasteiger partial charge in [0.2, 0.25) is 0 Å². The van der Waals surface area contributed by atoms with Gasteiger partial charge in [0.1, 0.15) is 0 Å². The molecule has 0 radical (unpaired) electrons. The third kappa shape index (κ3) is 5.33. The monoisotopic (exact) mass is 742 g/mol. The molecule has 0 saturated carbocycles. The van der Waals surface area contributed by atoms with Crippen molar-refractivity contribution in [3.63, 3.8) is 0 Å². The average Bonchev–Trinajstić information content (AvgIpc) is 3.75. The summed E-state index contributed by atoms with van der Waals surface area (Å²) in [5, 5.41) is 2.43. The Morgan fingerprint density at radius 1 is 0.379 bits per heavy atom. The normalized spacial score (nSPS) is 12.8. The quantitative estimate of drug-likeness (QED) is 0.170. The fraction of sp³-hybridized carbons (Fsp3) is 0.0556. The maximum atomic E-state index is 5.40. The van der Waals surface area contributed by atoms with Crippen molar-refractivity contribution in [1.82, 2.24) is 19.5 Å². The maximum absolute atomic E-state index is 5.40. The number of benzene rings is 8. The molecule has 4 heteroatoms. The van der Waals surface area contributed by atoms with Crippen molar-refractivity contribution >= 4 is 21.8 Å². The summed E-state index contributed by atoms with van der Waals surface area (Å²) in [6.45, 7) is 4.66. The molecule has 0 saturated heterocycles. The Morgan fingerprint density at radius 2 is 0.879 bits per heavy atom. The first-order chi connectivity index (χ1) is 28.5. The zero-order valence-corrected chi connectivity index (χ0v) is 32.3. The fourth-order valence-corrected chi connectivity index (χ4v) is 9.22. The molecule has 274 valence electrons. The lowest BCUT2D eigenvalue weighted by Gasteiger charge is -2.24. The number of hydrogen-bond acceptors (Lipinski definition) is 3. The lowest BCUT2D eigenvalue weighted by molar-refractivity contribution is 0.661. The Hall–Kier alpha value is -7.43. The minimum Gasteiger partial charge on any atom is -0.309 e. The predicted molar refractivity (Wildman–Crippen MR) is 239 cm³/mol. The van der Waals surface area contributed by atoms with E-state index in [0.717, 1.165) is 44.5 Å². The third-order valence-electron chi connectivity index (χ3n) is 11.9. The summed E-state index contributed by atoms with van der Waals surface area (Å²) in [4.78, 5) is 15.9. The van der Waals surface area contributed by atoms with Crippen molar-refractivity contribution in [2.24, 2.45) is 0 Å². The fourth-order valence-electron chi connectivity index (χ4n) is 9.22. The van der Waals surface area contributed by atoms with Crippen LogP contribution in [0.1, 0.15) is 25.0 Å². The first kappa shape index (κ1) is 33.9. The van der Waals surface area contributed by atoms with Crippen LogP contribution in [0.5, 0.6) is 0 Å². The van der Waals surface area contributed by atoms with Crippen molar-refractivity contribution in [3.8, 4) is 73.2 Å². The Bertz CT molecular complexity index is 3130. The largest absolute Gasteiger partial charge is 0.309 e. The highest BCUT2D eigenvalue weighted by Gasteiger charge is 2.39. The van der Waals surface area contributed by atoms with Crippen LogP contribution in [0.2, 0.25) is 0 Å². The zero-order valence-electron chi connectivity index (χ0n) is 32.3. The van der Waals surface area contributed by atoms with Gasteiger partial charge in [0.25, 0.3) is 0 Å². The molecule has 10 aromatic rings. The molecule has 2 aromatic heterocycles. The standard InChI is InChI=1S/C54H38N4/c1-54(2)45-29-17-26-40(36-20-8-4-9-21-36)49(45)43-27-16-28-44(50(43)54)53-56-51(37-22-10-5-11-23-37)55-52(57-53)38-32-33-39(35-18-6-3-7-19-35)48(34-38)58-46-30-14-12-24-41(46)42-25-13-15-31-47(42)58/h3-34H,1-2H3. The van der Waals surface area contributed by atoms with Crippen molar-refractivity contribution in [3.05, 3.63) is 205 Å². The van der Waals surface area contributed by atoms with Gasteiger partial charge in [-0.1, -0.05) is 190 Å². The maximum Gasteiger partial charge on any atom is 0.164 e. The number of hydrogen-bond donors (Lipinski definition) is 0. The number of aromatic nitrogens is 4. The topological polar surface area (TPSA) is 43.6 Å². The van der Waals surface area contributed by atoms with E-state index < -0.39 is 0 Å². The van der Waals surface area contributed by atoms with E-state index >= 15 is 0 Å². The van der Waals surface area contributed by atoms with E-state index in [0.29, 0.717) is 17.5 Å². The molecule has 1 aliphatic rings. The van der Waals surface area contributed by atoms with Gasteiger partial charge in [-0.2, -0.15) is 0 Å². The molecule has 1 aliphatic carbocycles. The lowest BCUT2D eigenvalue weighted by Crippen LogP contribution is -2.17. The molecule has 0 aliphatic heterocycles. The molecule has 58 heavy (non-hydrogen) atoms. The summed E-state index contributed by atoms with van der Waals surface area (Å²) in [6, 6.07) is 68.9. The summed E-state index contributed by atoms with van der Waals surface area (Å²) in [5.41, 5.74) is 15.7. The minimum atomic E-state index is -0.299. The third-order valence-corrected chi connectivity index (χ3v) is 11.9. The van der Waals surface area contributed by atoms with Gasteiger partial charge in [-0.05, 0) is 57.1 Å². The molecule has 8 aromatic carbocycles. The van der Waals surface area contributed by atoms with E-state index in [4.69, 9.17) is 15.0 Å². The van der Waals surface area contributed by atoms with E-state index in [2.05, 4.69) is 194 Å². The molecule has 0 unspecified atom stereocenters. The van der Waals surface area contributed by atoms with Crippen molar-refractivity contribution in [1.29, 1.82) is 0 Å². The molecule has 0 fully saturated rings. The van der Waals surface area contributed by atoms with Crippen LogP contribution in [0.15, 0.2) is 194 Å². The first-order valence-corrected chi connectivity index (χ1v) is 19.9. The Balaban J connectivity index is 1.16. The van der Waals surface area contributed by atoms with Crippen molar-refractivity contribution in [2.45, 2.75) is 19.3 Å². The summed E-state index contributed by atoms with van der Waals surface area (Å²) in [6.07, 6.45) is 0. The lowest BCUT2D eigenvalue weighted by atomic mass is 9.79. The number of nitrogens with zero attached hydrogens (tertiary/aromatic N) is 4. The van der Waals surface area contributed by atoms with Crippen LogP contribution in [0.3, 0.4) is 0 Å². The second-order valence-electron chi connectivity index (χ2n) is 15.6. The molecule has 4 nitrogen and oxygen atoms in total. The average molecular weight is 743 g/mol. The summed E-state index contributed by atoms with van der Waals surface area (Å²) in [7, 11) is 0.